The molecule has 1 heterocycles. The topological polar surface area (TPSA) is 111 Å². The van der Waals surface area contributed by atoms with E-state index in [1.807, 2.05) is 36.4 Å². The zero-order valence-corrected chi connectivity index (χ0v) is 16.7. The molecule has 2 aromatic rings. The van der Waals surface area contributed by atoms with Crippen molar-refractivity contribution < 1.29 is 19.1 Å². The van der Waals surface area contributed by atoms with Crippen molar-refractivity contribution in [1.29, 1.82) is 0 Å². The number of anilines is 2. The van der Waals surface area contributed by atoms with Crippen molar-refractivity contribution >= 4 is 40.9 Å². The van der Waals surface area contributed by atoms with E-state index in [2.05, 4.69) is 10.6 Å². The molecular formula is C21H23N3O4S. The summed E-state index contributed by atoms with van der Waals surface area (Å²) in [5, 5.41) is 5.71. The fourth-order valence-electron chi connectivity index (χ4n) is 2.93. The number of para-hydroxylation sites is 1. The highest BCUT2D eigenvalue weighted by Gasteiger charge is 2.15. The van der Waals surface area contributed by atoms with Gasteiger partial charge in [0.1, 0.15) is 5.75 Å². The van der Waals surface area contributed by atoms with Crippen molar-refractivity contribution in [3.63, 3.8) is 0 Å². The molecule has 29 heavy (non-hydrogen) atoms. The lowest BCUT2D eigenvalue weighted by Crippen LogP contribution is -2.18. The molecule has 0 aliphatic carbocycles. The zero-order valence-electron chi connectivity index (χ0n) is 15.9. The van der Waals surface area contributed by atoms with Gasteiger partial charge in [0.05, 0.1) is 18.0 Å². The molecule has 152 valence electrons. The van der Waals surface area contributed by atoms with Gasteiger partial charge in [-0.1, -0.05) is 12.1 Å². The third kappa shape index (κ3) is 6.25. The van der Waals surface area contributed by atoms with Crippen LogP contribution in [0.5, 0.6) is 5.75 Å². The Morgan fingerprint density at radius 3 is 2.83 bits per heavy atom. The summed E-state index contributed by atoms with van der Waals surface area (Å²) in [5.74, 6) is 0.401. The van der Waals surface area contributed by atoms with E-state index in [0.29, 0.717) is 38.0 Å². The Hall–Kier alpha value is -3.00. The Morgan fingerprint density at radius 2 is 2.00 bits per heavy atom. The zero-order chi connectivity index (χ0) is 20.6. The maximum Gasteiger partial charge on any atom is 0.227 e. The molecule has 0 bridgehead atoms. The lowest BCUT2D eigenvalue weighted by molar-refractivity contribution is -0.117. The van der Waals surface area contributed by atoms with Crippen LogP contribution in [0.4, 0.5) is 11.4 Å². The number of hydrogen-bond donors (Lipinski definition) is 3. The molecule has 0 saturated carbocycles. The van der Waals surface area contributed by atoms with Gasteiger partial charge in [-0.15, -0.1) is 11.8 Å². The van der Waals surface area contributed by atoms with Crippen molar-refractivity contribution in [2.45, 2.75) is 30.6 Å². The Morgan fingerprint density at radius 1 is 1.17 bits per heavy atom. The number of rotatable bonds is 9. The molecule has 0 atom stereocenters. The summed E-state index contributed by atoms with van der Waals surface area (Å²) in [6, 6.07) is 12.9. The minimum absolute atomic E-state index is 0.0341. The van der Waals surface area contributed by atoms with Crippen LogP contribution in [-0.2, 0) is 20.8 Å². The number of hydrogen-bond acceptors (Lipinski definition) is 5. The third-order valence-corrected chi connectivity index (χ3v) is 5.42. The summed E-state index contributed by atoms with van der Waals surface area (Å²) in [7, 11) is 0. The van der Waals surface area contributed by atoms with Crippen LogP contribution < -0.4 is 21.1 Å². The molecular weight excluding hydrogens is 390 g/mol. The first kappa shape index (κ1) is 20.7. The fourth-order valence-corrected chi connectivity index (χ4v) is 3.68. The summed E-state index contributed by atoms with van der Waals surface area (Å²) in [6.07, 6.45) is 2.07. The molecule has 2 aromatic carbocycles. The lowest BCUT2D eigenvalue weighted by atomic mass is 10.0. The van der Waals surface area contributed by atoms with Crippen LogP contribution in [0.2, 0.25) is 0 Å². The van der Waals surface area contributed by atoms with Crippen LogP contribution in [-0.4, -0.2) is 30.1 Å². The second kappa shape index (κ2) is 9.97. The highest BCUT2D eigenvalue weighted by molar-refractivity contribution is 8.00. The third-order valence-electron chi connectivity index (χ3n) is 4.32. The number of ether oxygens (including phenoxy) is 1. The molecule has 3 rings (SSSR count). The van der Waals surface area contributed by atoms with Gasteiger partial charge >= 0.3 is 0 Å². The number of benzene rings is 2. The number of carbonyl (C=O) groups excluding carboxylic acids is 3. The maximum absolute atomic E-state index is 12.2. The van der Waals surface area contributed by atoms with E-state index in [1.165, 1.54) is 11.8 Å². The van der Waals surface area contributed by atoms with Crippen LogP contribution in [0, 0.1) is 0 Å². The Balaban J connectivity index is 1.44. The first-order valence-corrected chi connectivity index (χ1v) is 10.4. The predicted molar refractivity (Wildman–Crippen MR) is 113 cm³/mol. The quantitative estimate of drug-likeness (QED) is 0.432. The molecule has 1 aliphatic rings. The molecule has 3 amide bonds. The van der Waals surface area contributed by atoms with Gasteiger partial charge in [-0.25, -0.2) is 0 Å². The van der Waals surface area contributed by atoms with Crippen LogP contribution >= 0.6 is 11.8 Å². The average Bonchev–Trinajstić information content (AvgIpc) is 2.70. The van der Waals surface area contributed by atoms with Crippen LogP contribution in [0.25, 0.3) is 0 Å². The van der Waals surface area contributed by atoms with Gasteiger partial charge < -0.3 is 21.1 Å². The minimum Gasteiger partial charge on any atom is -0.494 e. The van der Waals surface area contributed by atoms with Crippen molar-refractivity contribution in [2.24, 2.45) is 5.73 Å². The number of fused-ring (bicyclic) bond motifs is 1. The van der Waals surface area contributed by atoms with Gasteiger partial charge in [0.15, 0.2) is 0 Å². The molecule has 0 spiro atoms. The van der Waals surface area contributed by atoms with E-state index in [9.17, 15) is 14.4 Å². The van der Waals surface area contributed by atoms with Gasteiger partial charge in [-0.05, 0) is 48.7 Å². The Labute approximate surface area is 173 Å². The van der Waals surface area contributed by atoms with E-state index < -0.39 is 5.91 Å². The number of nitrogens with two attached hydrogens (primary N) is 1. The van der Waals surface area contributed by atoms with Gasteiger partial charge in [-0.2, -0.15) is 0 Å². The molecule has 8 heteroatoms. The van der Waals surface area contributed by atoms with Gasteiger partial charge in [0.25, 0.3) is 0 Å². The Bertz CT molecular complexity index is 917. The molecule has 0 fully saturated rings. The normalized spacial score (nSPS) is 12.6. The van der Waals surface area contributed by atoms with Crippen LogP contribution in [0.15, 0.2) is 47.4 Å². The molecule has 0 aromatic heterocycles. The number of thioether (sulfide) groups is 1. The number of amides is 3. The summed E-state index contributed by atoms with van der Waals surface area (Å²) < 4.78 is 5.74. The SMILES string of the molecule is NC(=O)CSc1ccccc1NC(=O)CCCOc1ccc2c(c1)CCC(=O)N2. The number of nitrogens with one attached hydrogen (secondary N) is 2. The van der Waals surface area contributed by atoms with E-state index in [1.54, 1.807) is 6.07 Å². The van der Waals surface area contributed by atoms with Crippen molar-refractivity contribution in [3.8, 4) is 5.75 Å². The van der Waals surface area contributed by atoms with Crippen LogP contribution in [0.3, 0.4) is 0 Å². The van der Waals surface area contributed by atoms with Gasteiger partial charge in [0.2, 0.25) is 17.7 Å². The molecule has 7 nitrogen and oxygen atoms in total. The van der Waals surface area contributed by atoms with E-state index in [0.717, 1.165) is 21.9 Å². The highest BCUT2D eigenvalue weighted by Crippen LogP contribution is 2.28. The number of primary amides is 1. The van der Waals surface area contributed by atoms with Crippen LogP contribution in [0.1, 0.15) is 24.8 Å². The first-order chi connectivity index (χ1) is 14.0. The predicted octanol–water partition coefficient (Wildman–Crippen LogP) is 2.95. The second-order valence-electron chi connectivity index (χ2n) is 6.62. The van der Waals surface area contributed by atoms with Crippen molar-refractivity contribution in [1.82, 2.24) is 0 Å². The van der Waals surface area contributed by atoms with Crippen molar-refractivity contribution in [3.05, 3.63) is 48.0 Å². The monoisotopic (exact) mass is 413 g/mol. The molecule has 1 aliphatic heterocycles. The summed E-state index contributed by atoms with van der Waals surface area (Å²) >= 11 is 1.29. The summed E-state index contributed by atoms with van der Waals surface area (Å²) in [6.45, 7) is 0.413. The van der Waals surface area contributed by atoms with E-state index >= 15 is 0 Å². The smallest absolute Gasteiger partial charge is 0.227 e. The maximum atomic E-state index is 12.2. The molecule has 0 unspecified atom stereocenters. The molecule has 0 radical (unpaired) electrons. The number of carbonyl (C=O) groups is 3. The Kier molecular flexibility index (Phi) is 7.13. The van der Waals surface area contributed by atoms with Gasteiger partial charge in [0, 0.05) is 23.4 Å². The molecule has 0 saturated heterocycles. The van der Waals surface area contributed by atoms with Crippen molar-refractivity contribution in [2.75, 3.05) is 23.0 Å². The standard InChI is InChI=1S/C21H23N3O4S/c22-19(25)13-29-18-5-2-1-4-17(18)24-20(26)6-3-11-28-15-8-9-16-14(12-15)7-10-21(27)23-16/h1-2,4-5,8-9,12H,3,6-7,10-11,13H2,(H2,22,25)(H,23,27)(H,24,26). The average molecular weight is 413 g/mol. The minimum atomic E-state index is -0.405. The lowest BCUT2D eigenvalue weighted by Gasteiger charge is -2.17. The molecule has 4 N–H and O–H groups in total. The number of aryl methyl sites for hydroxylation is 1. The first-order valence-electron chi connectivity index (χ1n) is 9.37. The summed E-state index contributed by atoms with van der Waals surface area (Å²) in [4.78, 5) is 35.4. The van der Waals surface area contributed by atoms with E-state index in [4.69, 9.17) is 10.5 Å². The van der Waals surface area contributed by atoms with Gasteiger partial charge in [-0.3, -0.25) is 14.4 Å². The second-order valence-corrected chi connectivity index (χ2v) is 7.64. The fraction of sp³-hybridized carbons (Fsp3) is 0.286. The summed E-state index contributed by atoms with van der Waals surface area (Å²) in [5.41, 5.74) is 7.75. The largest absolute Gasteiger partial charge is 0.494 e. The highest BCUT2D eigenvalue weighted by atomic mass is 32.2. The van der Waals surface area contributed by atoms with E-state index in [-0.39, 0.29) is 17.6 Å².